The number of nitriles is 1. The molecule has 1 saturated heterocycles. The van der Waals surface area contributed by atoms with E-state index in [1.807, 2.05) is 0 Å². The van der Waals surface area contributed by atoms with Gasteiger partial charge in [0.25, 0.3) is 5.91 Å². The molecule has 0 spiro atoms. The van der Waals surface area contributed by atoms with Crippen LogP contribution in [0.15, 0.2) is 65.9 Å². The number of hydrogen-bond donors (Lipinski definition) is 1. The maximum Gasteiger partial charge on any atom is 0.417 e. The number of carbonyl (C=O) groups excluding carboxylic acids is 3. The Labute approximate surface area is 267 Å². The number of anilines is 2. The number of rotatable bonds is 9. The highest BCUT2D eigenvalue weighted by Gasteiger charge is 2.45. The number of allylic oxidation sites excluding steroid dienone is 3. The van der Waals surface area contributed by atoms with Crippen molar-refractivity contribution in [2.75, 3.05) is 16.4 Å². The number of carbonyl (C=O) groups is 3. The zero-order valence-electron chi connectivity index (χ0n) is 24.6. The van der Waals surface area contributed by atoms with Crippen LogP contribution in [0.1, 0.15) is 44.7 Å². The third-order valence-electron chi connectivity index (χ3n) is 7.39. The van der Waals surface area contributed by atoms with Crippen molar-refractivity contribution in [2.45, 2.75) is 63.1 Å². The molecule has 2 atom stereocenters. The van der Waals surface area contributed by atoms with Crippen molar-refractivity contribution in [1.29, 1.82) is 5.26 Å². The van der Waals surface area contributed by atoms with E-state index in [9.17, 15) is 37.2 Å². The predicted octanol–water partition coefficient (Wildman–Crippen LogP) is 5.69. The molecule has 2 aliphatic rings. The average Bonchev–Trinajstić information content (AvgIpc) is 3.02. The monoisotopic (exact) mass is 660 g/mol. The molecule has 0 unspecified atom stereocenters. The molecular formula is C31H29ClF4N6O4. The molecule has 4 rings (SSSR count). The minimum Gasteiger partial charge on any atom is -0.449 e. The van der Waals surface area contributed by atoms with Crippen molar-refractivity contribution in [3.8, 4) is 6.07 Å². The lowest BCUT2D eigenvalue weighted by molar-refractivity contribution is -0.127. The number of benzene rings is 1. The largest absolute Gasteiger partial charge is 0.449 e. The van der Waals surface area contributed by atoms with Gasteiger partial charge in [0, 0.05) is 42.6 Å². The number of alkyl halides is 2. The number of ether oxygens (including phenoxy) is 1. The Bertz CT molecular complexity index is 1600. The lowest BCUT2D eigenvalue weighted by Gasteiger charge is -2.39. The second-order valence-corrected chi connectivity index (χ2v) is 11.0. The molecule has 2 aromatic rings. The maximum atomic E-state index is 14.7. The van der Waals surface area contributed by atoms with Crippen molar-refractivity contribution in [3.63, 3.8) is 0 Å². The van der Waals surface area contributed by atoms with Gasteiger partial charge >= 0.3 is 6.09 Å². The Morgan fingerprint density at radius 2 is 1.91 bits per heavy atom. The summed E-state index contributed by atoms with van der Waals surface area (Å²) in [5.74, 6) is -7.40. The van der Waals surface area contributed by atoms with E-state index < -0.39 is 72.1 Å². The van der Waals surface area contributed by atoms with Gasteiger partial charge in [-0.1, -0.05) is 30.3 Å². The van der Waals surface area contributed by atoms with E-state index in [0.717, 1.165) is 21.9 Å². The molecule has 1 aromatic heterocycles. The number of cyclic esters (lactones) is 1. The van der Waals surface area contributed by atoms with Gasteiger partial charge in [-0.15, -0.1) is 0 Å². The smallest absolute Gasteiger partial charge is 0.417 e. The molecule has 242 valence electrons. The van der Waals surface area contributed by atoms with Crippen molar-refractivity contribution < 1.29 is 36.7 Å². The first-order valence-electron chi connectivity index (χ1n) is 14.2. The van der Waals surface area contributed by atoms with Gasteiger partial charge < -0.3 is 10.1 Å². The molecule has 1 N–H and O–H groups in total. The second-order valence-electron chi connectivity index (χ2n) is 10.6. The van der Waals surface area contributed by atoms with E-state index in [1.165, 1.54) is 24.4 Å². The molecule has 15 heteroatoms. The topological polar surface area (TPSA) is 129 Å². The highest BCUT2D eigenvalue weighted by molar-refractivity contribution is 6.32. The zero-order valence-corrected chi connectivity index (χ0v) is 25.3. The van der Waals surface area contributed by atoms with Crippen LogP contribution in [-0.4, -0.2) is 58.5 Å². The highest BCUT2D eigenvalue weighted by atomic mass is 35.5. The van der Waals surface area contributed by atoms with E-state index in [2.05, 4.69) is 21.9 Å². The molecule has 0 radical (unpaired) electrons. The van der Waals surface area contributed by atoms with Crippen molar-refractivity contribution in [2.24, 2.45) is 0 Å². The van der Waals surface area contributed by atoms with Crippen molar-refractivity contribution in [1.82, 2.24) is 15.3 Å². The molecule has 1 saturated carbocycles. The van der Waals surface area contributed by atoms with Crippen LogP contribution in [0.5, 0.6) is 0 Å². The van der Waals surface area contributed by atoms with Crippen LogP contribution in [0.4, 0.5) is 34.0 Å². The third kappa shape index (κ3) is 7.89. The molecule has 1 aromatic carbocycles. The molecule has 1 aliphatic carbocycles. The minimum absolute atomic E-state index is 0.0720. The predicted molar refractivity (Wildman–Crippen MR) is 160 cm³/mol. The Morgan fingerprint density at radius 1 is 1.24 bits per heavy atom. The van der Waals surface area contributed by atoms with Gasteiger partial charge in [-0.05, 0) is 49.6 Å². The number of halogens is 5. The van der Waals surface area contributed by atoms with E-state index in [0.29, 0.717) is 6.07 Å². The molecular weight excluding hydrogens is 632 g/mol. The molecule has 3 amide bonds. The van der Waals surface area contributed by atoms with Gasteiger partial charge in [0.05, 0.1) is 12.3 Å². The zero-order chi connectivity index (χ0) is 33.6. The van der Waals surface area contributed by atoms with Gasteiger partial charge in [0.1, 0.15) is 35.5 Å². The van der Waals surface area contributed by atoms with Gasteiger partial charge in [0.15, 0.2) is 0 Å². The SMILES string of the molecule is C=C(/C(Cl)=C\C=C/C)[C@@H](C(=O)NC1CCC(F)(F)CC1)N(C(=O)[C@@H]1CCOC(=O)N1c1nccc(C#N)n1)c1cc(F)cc(F)c1. The molecule has 46 heavy (non-hydrogen) atoms. The van der Waals surface area contributed by atoms with E-state index in [-0.39, 0.29) is 48.1 Å². The quantitative estimate of drug-likeness (QED) is 0.270. The van der Waals surface area contributed by atoms with Gasteiger partial charge in [-0.25, -0.2) is 37.2 Å². The lowest BCUT2D eigenvalue weighted by atomic mass is 9.91. The molecule has 2 fully saturated rings. The van der Waals surface area contributed by atoms with E-state index >= 15 is 0 Å². The van der Waals surface area contributed by atoms with Crippen molar-refractivity contribution >= 4 is 41.1 Å². The summed E-state index contributed by atoms with van der Waals surface area (Å²) in [7, 11) is 0. The van der Waals surface area contributed by atoms with Crippen LogP contribution >= 0.6 is 11.6 Å². The van der Waals surface area contributed by atoms with Gasteiger partial charge in [-0.2, -0.15) is 5.26 Å². The maximum absolute atomic E-state index is 14.7. The standard InChI is InChI=1S/C31H29ClF4N6O4/c1-3-4-5-24(32)18(2)26(27(43)39-21-6-10-31(35,36)11-7-21)41(23-15-19(33)14-20(34)16-23)28(44)25-9-13-46-30(45)42(25)29-38-12-8-22(17-37)40-29/h3-5,8,12,14-16,21,25-26H,2,6-7,9-11,13H2,1H3,(H,39,43)/b4-3-,24-5+/t25-,26-/m0/s1. The third-order valence-corrected chi connectivity index (χ3v) is 7.76. The lowest BCUT2D eigenvalue weighted by Crippen LogP contribution is -2.60. The minimum atomic E-state index is -2.90. The highest BCUT2D eigenvalue weighted by Crippen LogP contribution is 2.35. The molecule has 1 aliphatic heterocycles. The second kappa shape index (κ2) is 14.6. The fourth-order valence-electron chi connectivity index (χ4n) is 5.12. The fraction of sp³-hybridized carbons (Fsp3) is 0.355. The first kappa shape index (κ1) is 34.1. The summed E-state index contributed by atoms with van der Waals surface area (Å²) >= 11 is 6.50. The molecule has 10 nitrogen and oxygen atoms in total. The van der Waals surface area contributed by atoms with Crippen LogP contribution in [0.2, 0.25) is 0 Å². The number of hydrogen-bond acceptors (Lipinski definition) is 7. The Morgan fingerprint density at radius 3 is 2.54 bits per heavy atom. The van der Waals surface area contributed by atoms with Gasteiger partial charge in [-0.3, -0.25) is 14.5 Å². The fourth-order valence-corrected chi connectivity index (χ4v) is 5.30. The number of amides is 3. The Hall–Kier alpha value is -4.77. The summed E-state index contributed by atoms with van der Waals surface area (Å²) in [6, 6.07) is 1.23. The summed E-state index contributed by atoms with van der Waals surface area (Å²) in [4.78, 5) is 51.2. The summed E-state index contributed by atoms with van der Waals surface area (Å²) < 4.78 is 62.2. The first-order valence-corrected chi connectivity index (χ1v) is 14.6. The first-order chi connectivity index (χ1) is 21.8. The molecule has 0 bridgehead atoms. The molecule has 2 heterocycles. The van der Waals surface area contributed by atoms with Crippen LogP contribution < -0.4 is 15.1 Å². The van der Waals surface area contributed by atoms with Gasteiger partial charge in [0.2, 0.25) is 17.8 Å². The summed E-state index contributed by atoms with van der Waals surface area (Å²) in [5.41, 5.74) is -0.743. The summed E-state index contributed by atoms with van der Waals surface area (Å²) in [6.45, 7) is 5.35. The van der Waals surface area contributed by atoms with Crippen molar-refractivity contribution in [3.05, 3.63) is 83.2 Å². The summed E-state index contributed by atoms with van der Waals surface area (Å²) in [6.07, 6.45) is 3.37. The van der Waals surface area contributed by atoms with E-state index in [4.69, 9.17) is 16.3 Å². The summed E-state index contributed by atoms with van der Waals surface area (Å²) in [5, 5.41) is 11.9. The van der Waals surface area contributed by atoms with Crippen LogP contribution in [-0.2, 0) is 14.3 Å². The normalized spacial score (nSPS) is 19.2. The van der Waals surface area contributed by atoms with Crippen LogP contribution in [0.25, 0.3) is 0 Å². The Kier molecular flexibility index (Phi) is 10.8. The van der Waals surface area contributed by atoms with E-state index in [1.54, 1.807) is 19.1 Å². The van der Waals surface area contributed by atoms with Crippen LogP contribution in [0.3, 0.4) is 0 Å². The number of aromatic nitrogens is 2. The number of nitrogens with zero attached hydrogens (tertiary/aromatic N) is 5. The average molecular weight is 661 g/mol. The van der Waals surface area contributed by atoms with Crippen LogP contribution in [0, 0.1) is 23.0 Å². The Balaban J connectivity index is 1.85. The number of nitrogens with one attached hydrogen (secondary N) is 1.